The summed E-state index contributed by atoms with van der Waals surface area (Å²) in [6.45, 7) is 1.42. The monoisotopic (exact) mass is 398 g/mol. The maximum absolute atomic E-state index is 12.3. The van der Waals surface area contributed by atoms with E-state index in [9.17, 15) is 13.2 Å². The quantitative estimate of drug-likeness (QED) is 0.755. The van der Waals surface area contributed by atoms with Crippen LogP contribution in [0.5, 0.6) is 0 Å². The van der Waals surface area contributed by atoms with E-state index in [1.54, 1.807) is 17.0 Å². The molecule has 1 aliphatic heterocycles. The Hall–Kier alpha value is -1.97. The maximum atomic E-state index is 12.3. The highest BCUT2D eigenvalue weighted by Crippen LogP contribution is 2.25. The average molecular weight is 399 g/mol. The van der Waals surface area contributed by atoms with Gasteiger partial charge in [-0.25, -0.2) is 8.42 Å². The second-order valence-corrected chi connectivity index (χ2v) is 8.42. The van der Waals surface area contributed by atoms with Crippen LogP contribution in [-0.4, -0.2) is 66.1 Å². The third kappa shape index (κ3) is 4.40. The number of amides is 1. The standard InChI is InChI=1S/C16H19ClN4O4S/c1-26(23,24)21-10-8-20(9-11-21)15(22)7-6-14-18-16(19-25-14)12-4-2-3-5-13(12)17/h2-5H,6-11H2,1H3. The normalized spacial score (nSPS) is 16.0. The fourth-order valence-corrected chi connectivity index (χ4v) is 3.80. The maximum Gasteiger partial charge on any atom is 0.227 e. The van der Waals surface area contributed by atoms with E-state index in [4.69, 9.17) is 16.1 Å². The third-order valence-corrected chi connectivity index (χ3v) is 5.83. The molecule has 1 aromatic heterocycles. The number of piperazine rings is 1. The van der Waals surface area contributed by atoms with E-state index in [0.29, 0.717) is 54.9 Å². The molecule has 0 bridgehead atoms. The van der Waals surface area contributed by atoms with Crippen LogP contribution in [0.3, 0.4) is 0 Å². The summed E-state index contributed by atoms with van der Waals surface area (Å²) >= 11 is 6.11. The van der Waals surface area contributed by atoms with Crippen LogP contribution in [0.15, 0.2) is 28.8 Å². The molecule has 0 aliphatic carbocycles. The summed E-state index contributed by atoms with van der Waals surface area (Å²) in [5, 5.41) is 4.43. The van der Waals surface area contributed by atoms with Gasteiger partial charge in [0, 0.05) is 44.6 Å². The van der Waals surface area contributed by atoms with Gasteiger partial charge in [0.2, 0.25) is 27.6 Å². The van der Waals surface area contributed by atoms with Gasteiger partial charge < -0.3 is 9.42 Å². The molecule has 0 unspecified atom stereocenters. The Morgan fingerprint density at radius 2 is 1.92 bits per heavy atom. The summed E-state index contributed by atoms with van der Waals surface area (Å²) in [6, 6.07) is 7.18. The zero-order valence-electron chi connectivity index (χ0n) is 14.3. The molecule has 10 heteroatoms. The molecule has 1 fully saturated rings. The SMILES string of the molecule is CS(=O)(=O)N1CCN(C(=O)CCc2nc(-c3ccccc3Cl)no2)CC1. The van der Waals surface area contributed by atoms with Gasteiger partial charge in [-0.05, 0) is 12.1 Å². The van der Waals surface area contributed by atoms with Gasteiger partial charge in [-0.2, -0.15) is 9.29 Å². The summed E-state index contributed by atoms with van der Waals surface area (Å²) in [5.41, 5.74) is 0.674. The molecule has 8 nitrogen and oxygen atoms in total. The Kier molecular flexibility index (Phi) is 5.59. The van der Waals surface area contributed by atoms with Gasteiger partial charge in [-0.1, -0.05) is 28.9 Å². The molecule has 0 saturated carbocycles. The Balaban J connectivity index is 1.54. The Labute approximate surface area is 156 Å². The van der Waals surface area contributed by atoms with Crippen LogP contribution in [0, 0.1) is 0 Å². The van der Waals surface area contributed by atoms with Gasteiger partial charge >= 0.3 is 0 Å². The van der Waals surface area contributed by atoms with E-state index in [1.807, 2.05) is 12.1 Å². The summed E-state index contributed by atoms with van der Waals surface area (Å²) < 4.78 is 29.6. The van der Waals surface area contributed by atoms with Crippen LogP contribution >= 0.6 is 11.6 Å². The molecule has 2 aromatic rings. The van der Waals surface area contributed by atoms with E-state index in [1.165, 1.54) is 10.6 Å². The van der Waals surface area contributed by atoms with E-state index in [2.05, 4.69) is 10.1 Å². The van der Waals surface area contributed by atoms with Crippen LogP contribution in [0.25, 0.3) is 11.4 Å². The number of carbonyl (C=O) groups excluding carboxylic acids is 1. The van der Waals surface area contributed by atoms with Gasteiger partial charge in [0.05, 0.1) is 11.3 Å². The minimum Gasteiger partial charge on any atom is -0.340 e. The highest BCUT2D eigenvalue weighted by molar-refractivity contribution is 7.88. The van der Waals surface area contributed by atoms with Crippen LogP contribution in [0.1, 0.15) is 12.3 Å². The smallest absolute Gasteiger partial charge is 0.227 e. The number of aromatic nitrogens is 2. The number of nitrogens with zero attached hydrogens (tertiary/aromatic N) is 4. The summed E-state index contributed by atoms with van der Waals surface area (Å²) in [7, 11) is -3.21. The van der Waals surface area contributed by atoms with E-state index in [-0.39, 0.29) is 12.3 Å². The first kappa shape index (κ1) is 18.8. The lowest BCUT2D eigenvalue weighted by atomic mass is 10.2. The molecule has 140 valence electrons. The molecule has 3 rings (SSSR count). The number of rotatable bonds is 5. The average Bonchev–Trinajstić information content (AvgIpc) is 3.08. The fraction of sp³-hybridized carbons (Fsp3) is 0.438. The Morgan fingerprint density at radius 1 is 1.23 bits per heavy atom. The molecule has 0 atom stereocenters. The molecular formula is C16H19ClN4O4S. The summed E-state index contributed by atoms with van der Waals surface area (Å²) in [5.74, 6) is 0.693. The van der Waals surface area contributed by atoms with Crippen molar-refractivity contribution in [3.05, 3.63) is 35.2 Å². The molecule has 1 aliphatic rings. The van der Waals surface area contributed by atoms with E-state index in [0.717, 1.165) is 0 Å². The molecule has 0 spiro atoms. The molecule has 0 radical (unpaired) electrons. The van der Waals surface area contributed by atoms with Crippen LogP contribution in [-0.2, 0) is 21.2 Å². The Bertz CT molecular complexity index is 891. The first-order chi connectivity index (χ1) is 12.3. The van der Waals surface area contributed by atoms with Crippen molar-refractivity contribution in [3.63, 3.8) is 0 Å². The fourth-order valence-electron chi connectivity index (χ4n) is 2.75. The van der Waals surface area contributed by atoms with Crippen molar-refractivity contribution >= 4 is 27.5 Å². The number of carbonyl (C=O) groups is 1. The van der Waals surface area contributed by atoms with Gasteiger partial charge in [0.1, 0.15) is 0 Å². The van der Waals surface area contributed by atoms with Crippen molar-refractivity contribution in [2.24, 2.45) is 0 Å². The van der Waals surface area contributed by atoms with E-state index >= 15 is 0 Å². The van der Waals surface area contributed by atoms with E-state index < -0.39 is 10.0 Å². The summed E-state index contributed by atoms with van der Waals surface area (Å²) in [6.07, 6.45) is 1.72. The minimum absolute atomic E-state index is 0.0596. The molecule has 2 heterocycles. The highest BCUT2D eigenvalue weighted by Gasteiger charge is 2.26. The summed E-state index contributed by atoms with van der Waals surface area (Å²) in [4.78, 5) is 18.2. The molecule has 1 saturated heterocycles. The van der Waals surface area contributed by atoms with Crippen LogP contribution in [0.2, 0.25) is 5.02 Å². The van der Waals surface area contributed by atoms with Gasteiger partial charge in [-0.15, -0.1) is 0 Å². The predicted molar refractivity (Wildman–Crippen MR) is 96.1 cm³/mol. The van der Waals surface area contributed by atoms with Crippen molar-refractivity contribution < 1.29 is 17.7 Å². The lowest BCUT2D eigenvalue weighted by Crippen LogP contribution is -2.50. The largest absolute Gasteiger partial charge is 0.340 e. The molecule has 1 aromatic carbocycles. The van der Waals surface area contributed by atoms with Gasteiger partial charge in [0.25, 0.3) is 0 Å². The van der Waals surface area contributed by atoms with Gasteiger partial charge in [0.15, 0.2) is 0 Å². The minimum atomic E-state index is -3.21. The number of hydrogen-bond donors (Lipinski definition) is 0. The molecule has 1 amide bonds. The first-order valence-corrected chi connectivity index (χ1v) is 10.4. The van der Waals surface area contributed by atoms with Gasteiger partial charge in [-0.3, -0.25) is 4.79 Å². The third-order valence-electron chi connectivity index (χ3n) is 4.20. The molecular weight excluding hydrogens is 380 g/mol. The van der Waals surface area contributed by atoms with Crippen LogP contribution < -0.4 is 0 Å². The van der Waals surface area contributed by atoms with Crippen molar-refractivity contribution in [2.45, 2.75) is 12.8 Å². The molecule has 0 N–H and O–H groups in total. The number of halogens is 1. The first-order valence-electron chi connectivity index (χ1n) is 8.15. The lowest BCUT2D eigenvalue weighted by molar-refractivity contribution is -0.132. The number of sulfonamides is 1. The van der Waals surface area contributed by atoms with Crippen molar-refractivity contribution in [2.75, 3.05) is 32.4 Å². The van der Waals surface area contributed by atoms with Crippen molar-refractivity contribution in [1.82, 2.24) is 19.3 Å². The number of benzene rings is 1. The lowest BCUT2D eigenvalue weighted by Gasteiger charge is -2.33. The van der Waals surface area contributed by atoms with Crippen LogP contribution in [0.4, 0.5) is 0 Å². The van der Waals surface area contributed by atoms with Crippen molar-refractivity contribution in [1.29, 1.82) is 0 Å². The second kappa shape index (κ2) is 7.73. The Morgan fingerprint density at radius 3 is 2.58 bits per heavy atom. The zero-order chi connectivity index (χ0) is 18.7. The molecule has 26 heavy (non-hydrogen) atoms. The number of hydrogen-bond acceptors (Lipinski definition) is 6. The predicted octanol–water partition coefficient (Wildman–Crippen LogP) is 1.43. The second-order valence-electron chi connectivity index (χ2n) is 6.03. The highest BCUT2D eigenvalue weighted by atomic mass is 35.5. The topological polar surface area (TPSA) is 96.6 Å². The zero-order valence-corrected chi connectivity index (χ0v) is 15.8. The number of aryl methyl sites for hydroxylation is 1. The van der Waals surface area contributed by atoms with Crippen molar-refractivity contribution in [3.8, 4) is 11.4 Å².